The number of nitrogens with zero attached hydrogens (tertiary/aromatic N) is 6. The van der Waals surface area contributed by atoms with E-state index in [0.29, 0.717) is 20.3 Å². The smallest absolute Gasteiger partial charge is 0.416 e. The second-order valence-corrected chi connectivity index (χ2v) is 9.17. The number of rotatable bonds is 8. The third-order valence-electron chi connectivity index (χ3n) is 5.44. The molecule has 4 rings (SSSR count). The molecule has 2 aromatic heterocycles. The molecule has 0 aliphatic heterocycles. The van der Waals surface area contributed by atoms with Crippen molar-refractivity contribution in [1.29, 1.82) is 0 Å². The van der Waals surface area contributed by atoms with Crippen molar-refractivity contribution in [1.82, 2.24) is 29.1 Å². The number of hydrogen-bond acceptors (Lipinski definition) is 7. The quantitative estimate of drug-likeness (QED) is 0.320. The summed E-state index contributed by atoms with van der Waals surface area (Å²) < 4.78 is 47.3. The highest BCUT2D eigenvalue weighted by Gasteiger charge is 2.39. The molecule has 0 fully saturated rings. The molecule has 0 saturated heterocycles. The van der Waals surface area contributed by atoms with E-state index in [1.54, 1.807) is 24.3 Å². The minimum Gasteiger partial charge on any atom is -0.438 e. The van der Waals surface area contributed by atoms with E-state index in [-0.39, 0.29) is 29.6 Å². The zero-order chi connectivity index (χ0) is 28.5. The number of aliphatic hydroxyl groups is 1. The normalized spacial score (nSPS) is 13.3. The van der Waals surface area contributed by atoms with E-state index in [1.165, 1.54) is 35.9 Å². The van der Waals surface area contributed by atoms with Gasteiger partial charge in [0, 0.05) is 15.6 Å². The van der Waals surface area contributed by atoms with Gasteiger partial charge in [-0.1, -0.05) is 29.3 Å². The molecule has 0 radical (unpaired) electrons. The van der Waals surface area contributed by atoms with Crippen LogP contribution in [0.2, 0.25) is 10.0 Å². The minimum atomic E-state index is -4.97. The number of benzene rings is 2. The van der Waals surface area contributed by atoms with Crippen LogP contribution in [0.5, 0.6) is 0 Å². The Hall–Kier alpha value is -3.88. The van der Waals surface area contributed by atoms with Crippen LogP contribution in [0.25, 0.3) is 17.1 Å². The van der Waals surface area contributed by atoms with Crippen molar-refractivity contribution in [2.24, 2.45) is 5.73 Å². The Kier molecular flexibility index (Phi) is 7.99. The summed E-state index contributed by atoms with van der Waals surface area (Å²) in [4.78, 5) is 28.9. The number of carbonyl (C=O) groups is 1. The molecule has 206 valence electrons. The lowest BCUT2D eigenvalue weighted by atomic mass is 10.2. The third kappa shape index (κ3) is 6.41. The maximum absolute atomic E-state index is 13.2. The SMILES string of the molecule is CC(OC(N)=O)c1nc(Cn2nc(-c3ccc(Cl)cc3)n(CC(O)C(F)(F)F)c2=O)nn1-c1cccc(Cl)c1. The second kappa shape index (κ2) is 11.1. The van der Waals surface area contributed by atoms with Crippen LogP contribution < -0.4 is 11.4 Å². The number of aromatic nitrogens is 6. The molecule has 2 unspecified atom stereocenters. The van der Waals surface area contributed by atoms with E-state index >= 15 is 0 Å². The second-order valence-electron chi connectivity index (χ2n) is 8.30. The molecule has 1 amide bonds. The summed E-state index contributed by atoms with van der Waals surface area (Å²) in [5.74, 6) is -0.000433. The molecule has 0 aliphatic carbocycles. The summed E-state index contributed by atoms with van der Waals surface area (Å²) in [6.45, 7) is 0.0233. The van der Waals surface area contributed by atoms with Gasteiger partial charge in [-0.15, -0.1) is 10.2 Å². The number of hydrogen-bond donors (Lipinski definition) is 2. The average Bonchev–Trinajstić information content (AvgIpc) is 3.41. The van der Waals surface area contributed by atoms with Crippen LogP contribution >= 0.6 is 23.2 Å². The average molecular weight is 586 g/mol. The van der Waals surface area contributed by atoms with Crippen LogP contribution in [0.1, 0.15) is 24.7 Å². The summed E-state index contributed by atoms with van der Waals surface area (Å²) in [5, 5.41) is 19.0. The summed E-state index contributed by atoms with van der Waals surface area (Å²) in [6.07, 6.45) is -9.82. The molecule has 0 spiro atoms. The van der Waals surface area contributed by atoms with Crippen LogP contribution in [0, 0.1) is 0 Å². The molecule has 11 nitrogen and oxygen atoms in total. The summed E-state index contributed by atoms with van der Waals surface area (Å²) >= 11 is 12.0. The highest BCUT2D eigenvalue weighted by molar-refractivity contribution is 6.31. The first-order valence-electron chi connectivity index (χ1n) is 11.2. The molecule has 39 heavy (non-hydrogen) atoms. The zero-order valence-corrected chi connectivity index (χ0v) is 21.5. The van der Waals surface area contributed by atoms with E-state index in [0.717, 1.165) is 4.68 Å². The molecule has 2 aromatic carbocycles. The molecule has 4 aromatic rings. The van der Waals surface area contributed by atoms with Gasteiger partial charge in [0.15, 0.2) is 29.7 Å². The predicted octanol–water partition coefficient (Wildman–Crippen LogP) is 3.73. The Morgan fingerprint density at radius 2 is 1.82 bits per heavy atom. The first-order chi connectivity index (χ1) is 18.3. The number of aliphatic hydroxyl groups excluding tert-OH is 1. The fraction of sp³-hybridized carbons (Fsp3) is 0.261. The van der Waals surface area contributed by atoms with Crippen molar-refractivity contribution in [3.05, 3.63) is 80.7 Å². The summed E-state index contributed by atoms with van der Waals surface area (Å²) in [7, 11) is 0. The lowest BCUT2D eigenvalue weighted by molar-refractivity contribution is -0.207. The fourth-order valence-electron chi connectivity index (χ4n) is 3.66. The molecule has 2 atom stereocenters. The van der Waals surface area contributed by atoms with Gasteiger partial charge in [0.1, 0.15) is 6.54 Å². The van der Waals surface area contributed by atoms with Gasteiger partial charge >= 0.3 is 18.0 Å². The predicted molar refractivity (Wildman–Crippen MR) is 134 cm³/mol. The Labute approximate surface area is 228 Å². The van der Waals surface area contributed by atoms with E-state index in [1.807, 2.05) is 0 Å². The largest absolute Gasteiger partial charge is 0.438 e. The molecular weight excluding hydrogens is 566 g/mol. The van der Waals surface area contributed by atoms with Crippen LogP contribution in [0.3, 0.4) is 0 Å². The number of primary amides is 1. The number of alkyl halides is 3. The summed E-state index contributed by atoms with van der Waals surface area (Å²) in [6, 6.07) is 12.4. The number of carbonyl (C=O) groups excluding carboxylic acids is 1. The maximum atomic E-state index is 13.2. The standard InChI is InChI=1S/C23H20Cl2F3N7O4/c1-12(39-21(29)37)19-30-18(31-35(19)16-4-2-3-15(25)9-16)11-34-22(38)33(10-17(36)23(26,27)28)20(32-34)13-5-7-14(24)8-6-13/h2-9,12,17,36H,10-11H2,1H3,(H2,29,37). The minimum absolute atomic E-state index is 0.00988. The van der Waals surface area contributed by atoms with Crippen LogP contribution in [0.15, 0.2) is 53.3 Å². The van der Waals surface area contributed by atoms with Crippen molar-refractivity contribution in [3.8, 4) is 17.1 Å². The lowest BCUT2D eigenvalue weighted by Crippen LogP contribution is -2.37. The van der Waals surface area contributed by atoms with Crippen LogP contribution in [0.4, 0.5) is 18.0 Å². The number of amides is 1. The third-order valence-corrected chi connectivity index (χ3v) is 5.92. The Balaban J connectivity index is 1.78. The van der Waals surface area contributed by atoms with Crippen molar-refractivity contribution < 1.29 is 27.8 Å². The summed E-state index contributed by atoms with van der Waals surface area (Å²) in [5.41, 5.74) is 4.92. The topological polar surface area (TPSA) is 143 Å². The Bertz CT molecular complexity index is 1550. The van der Waals surface area contributed by atoms with Crippen LogP contribution in [-0.2, 0) is 17.8 Å². The highest BCUT2D eigenvalue weighted by atomic mass is 35.5. The molecule has 2 heterocycles. The van der Waals surface area contributed by atoms with Crippen molar-refractivity contribution >= 4 is 29.3 Å². The Morgan fingerprint density at radius 1 is 1.13 bits per heavy atom. The van der Waals surface area contributed by atoms with Gasteiger partial charge in [0.05, 0.1) is 12.2 Å². The number of halogens is 5. The van der Waals surface area contributed by atoms with E-state index in [2.05, 4.69) is 15.2 Å². The van der Waals surface area contributed by atoms with Crippen molar-refractivity contribution in [3.63, 3.8) is 0 Å². The molecule has 0 aliphatic rings. The van der Waals surface area contributed by atoms with E-state index in [9.17, 15) is 27.9 Å². The van der Waals surface area contributed by atoms with Gasteiger partial charge in [0.2, 0.25) is 0 Å². The molecule has 16 heteroatoms. The van der Waals surface area contributed by atoms with Gasteiger partial charge in [-0.05, 0) is 49.4 Å². The molecule has 3 N–H and O–H groups in total. The number of ether oxygens (including phenoxy) is 1. The van der Waals surface area contributed by atoms with Crippen molar-refractivity contribution in [2.75, 3.05) is 0 Å². The van der Waals surface area contributed by atoms with Gasteiger partial charge in [0.25, 0.3) is 0 Å². The first-order valence-corrected chi connectivity index (χ1v) is 11.9. The molecule has 0 bridgehead atoms. The highest BCUT2D eigenvalue weighted by Crippen LogP contribution is 2.25. The van der Waals surface area contributed by atoms with E-state index in [4.69, 9.17) is 33.7 Å². The van der Waals surface area contributed by atoms with E-state index < -0.39 is 36.7 Å². The fourth-order valence-corrected chi connectivity index (χ4v) is 3.97. The number of nitrogens with two attached hydrogens (primary N) is 1. The van der Waals surface area contributed by atoms with Gasteiger partial charge < -0.3 is 15.6 Å². The van der Waals surface area contributed by atoms with Crippen molar-refractivity contribution in [2.45, 2.75) is 38.4 Å². The van der Waals surface area contributed by atoms with Gasteiger partial charge in [-0.3, -0.25) is 4.57 Å². The van der Waals surface area contributed by atoms with Gasteiger partial charge in [-0.2, -0.15) is 13.2 Å². The van der Waals surface area contributed by atoms with Gasteiger partial charge in [-0.25, -0.2) is 23.9 Å². The van der Waals surface area contributed by atoms with Crippen LogP contribution in [-0.4, -0.2) is 52.6 Å². The molecule has 0 saturated carbocycles. The maximum Gasteiger partial charge on any atom is 0.416 e. The lowest BCUT2D eigenvalue weighted by Gasteiger charge is -2.15. The Morgan fingerprint density at radius 3 is 2.44 bits per heavy atom. The monoisotopic (exact) mass is 585 g/mol. The zero-order valence-electron chi connectivity index (χ0n) is 20.0. The first kappa shape index (κ1) is 28.1. The molecular formula is C23H20Cl2F3N7O4.